The number of hydrogen-bond acceptors (Lipinski definition) is 8. The third kappa shape index (κ3) is 19.6. The van der Waals surface area contributed by atoms with Gasteiger partial charge in [-0.3, -0.25) is 9.59 Å². The van der Waals surface area contributed by atoms with Crippen LogP contribution in [0.25, 0.3) is 0 Å². The van der Waals surface area contributed by atoms with Crippen molar-refractivity contribution in [2.24, 2.45) is 11.8 Å². The van der Waals surface area contributed by atoms with E-state index in [-0.39, 0.29) is 60.6 Å². The Labute approximate surface area is 322 Å². The van der Waals surface area contributed by atoms with E-state index in [1.807, 2.05) is 13.8 Å². The van der Waals surface area contributed by atoms with Crippen molar-refractivity contribution in [3.05, 3.63) is 57.5 Å². The Morgan fingerprint density at radius 1 is 0.771 bits per heavy atom. The molecule has 0 aromatic heterocycles. The monoisotopic (exact) mass is 758 g/mol. The molecule has 0 saturated heterocycles. The van der Waals surface area contributed by atoms with Crippen molar-refractivity contribution >= 4 is 74.3 Å². The molecule has 264 valence electrons. The summed E-state index contributed by atoms with van der Waals surface area (Å²) in [5.41, 5.74) is 1.20. The van der Waals surface area contributed by atoms with Gasteiger partial charge >= 0.3 is 47.5 Å². The smallest absolute Gasteiger partial charge is 0.747 e. The Bertz CT molecular complexity index is 1370. The minimum absolute atomic E-state index is 0. The number of esters is 2. The Morgan fingerprint density at radius 3 is 1.75 bits per heavy atom. The number of hydrogen-bond donors (Lipinski definition) is 2. The zero-order valence-corrected chi connectivity index (χ0v) is 33.4. The second kappa shape index (κ2) is 25.4. The second-order valence-corrected chi connectivity index (χ2v) is 13.9. The topological polar surface area (TPSA) is 151 Å². The first-order valence-electron chi connectivity index (χ1n) is 15.8. The van der Waals surface area contributed by atoms with Crippen LogP contribution in [0.15, 0.2) is 42.5 Å². The van der Waals surface area contributed by atoms with Crippen LogP contribution in [0.5, 0.6) is 0 Å². The van der Waals surface area contributed by atoms with Gasteiger partial charge in [0.2, 0.25) is 0 Å². The van der Waals surface area contributed by atoms with E-state index in [2.05, 4.69) is 24.5 Å². The number of ether oxygens (including phenoxy) is 2. The Hall–Kier alpha value is -1.57. The molecule has 0 saturated carbocycles. The van der Waals surface area contributed by atoms with Crippen LogP contribution in [0.3, 0.4) is 0 Å². The van der Waals surface area contributed by atoms with E-state index in [1.165, 1.54) is 0 Å². The minimum Gasteiger partial charge on any atom is -0.747 e. The van der Waals surface area contributed by atoms with Crippen LogP contribution < -0.4 is 40.2 Å². The van der Waals surface area contributed by atoms with E-state index >= 15 is 0 Å². The average Bonchev–Trinajstić information content (AvgIpc) is 3.02. The van der Waals surface area contributed by atoms with Gasteiger partial charge in [-0.2, -0.15) is 0 Å². The number of carbonyl (C=O) groups is 3. The van der Waals surface area contributed by atoms with E-state index in [0.717, 1.165) is 51.4 Å². The largest absolute Gasteiger partial charge is 1.00 e. The molecule has 0 spiro atoms. The molecule has 2 aromatic rings. The zero-order valence-electron chi connectivity index (χ0n) is 28.4. The van der Waals surface area contributed by atoms with E-state index in [4.69, 9.17) is 44.3 Å². The Morgan fingerprint density at radius 2 is 1.27 bits per heavy atom. The summed E-state index contributed by atoms with van der Waals surface area (Å²) < 4.78 is 44.6. The van der Waals surface area contributed by atoms with Crippen molar-refractivity contribution in [3.8, 4) is 0 Å². The first kappa shape index (κ1) is 46.4. The maximum atomic E-state index is 12.1. The number of urea groups is 1. The van der Waals surface area contributed by atoms with Gasteiger partial charge in [-0.25, -0.2) is 13.2 Å². The fourth-order valence-corrected chi connectivity index (χ4v) is 5.28. The van der Waals surface area contributed by atoms with Crippen molar-refractivity contribution in [3.63, 3.8) is 0 Å². The zero-order chi connectivity index (χ0) is 35.4. The van der Waals surface area contributed by atoms with Gasteiger partial charge in [-0.1, -0.05) is 101 Å². The average molecular weight is 760 g/mol. The van der Waals surface area contributed by atoms with Crippen molar-refractivity contribution in [2.75, 3.05) is 23.8 Å². The number of carbonyl (C=O) groups excluding carboxylic acids is 3. The summed E-state index contributed by atoms with van der Waals surface area (Å²) in [6, 6.07) is 11.3. The first-order valence-corrected chi connectivity index (χ1v) is 18.4. The van der Waals surface area contributed by atoms with Crippen LogP contribution in [-0.2, 0) is 29.2 Å². The van der Waals surface area contributed by atoms with Crippen LogP contribution in [0.1, 0.15) is 85.5 Å². The van der Waals surface area contributed by atoms with Crippen LogP contribution in [-0.4, -0.2) is 49.4 Å². The summed E-state index contributed by atoms with van der Waals surface area (Å²) in [5.74, 6) is -1.74. The van der Waals surface area contributed by atoms with E-state index < -0.39 is 33.7 Å². The van der Waals surface area contributed by atoms with Gasteiger partial charge in [0.05, 0.1) is 29.7 Å². The Kier molecular flexibility index (Phi) is 24.6. The van der Waals surface area contributed by atoms with Gasteiger partial charge in [0.1, 0.15) is 10.1 Å². The third-order valence-corrected chi connectivity index (χ3v) is 9.32. The second-order valence-electron chi connectivity index (χ2n) is 11.0. The van der Waals surface area contributed by atoms with E-state index in [1.54, 1.807) is 42.5 Å². The fraction of sp³-hybridized carbons (Fsp3) is 0.545. The summed E-state index contributed by atoms with van der Waals surface area (Å²) in [6.07, 6.45) is 6.58. The summed E-state index contributed by atoms with van der Waals surface area (Å²) in [7, 11) is -5.01. The summed E-state index contributed by atoms with van der Waals surface area (Å²) in [5, 5.41) is 4.68. The van der Waals surface area contributed by atoms with Crippen molar-refractivity contribution in [2.45, 2.75) is 90.7 Å². The van der Waals surface area contributed by atoms with Crippen LogP contribution in [0.2, 0.25) is 15.1 Å². The molecule has 0 fully saturated rings. The maximum absolute atomic E-state index is 12.1. The van der Waals surface area contributed by atoms with Crippen molar-refractivity contribution < 1.29 is 66.4 Å². The van der Waals surface area contributed by atoms with E-state index in [9.17, 15) is 27.4 Å². The summed E-state index contributed by atoms with van der Waals surface area (Å²) >= 11 is 17.4. The molecule has 15 heteroatoms. The number of benzene rings is 2. The van der Waals surface area contributed by atoms with Crippen molar-refractivity contribution in [1.29, 1.82) is 0 Å². The van der Waals surface area contributed by atoms with Crippen LogP contribution >= 0.6 is 34.8 Å². The molecule has 3 unspecified atom stereocenters. The first-order chi connectivity index (χ1) is 22.2. The normalized spacial score (nSPS) is 12.7. The van der Waals surface area contributed by atoms with Gasteiger partial charge < -0.3 is 24.7 Å². The molecule has 48 heavy (non-hydrogen) atoms. The van der Waals surface area contributed by atoms with Crippen LogP contribution in [0, 0.1) is 11.8 Å². The molecule has 10 nitrogen and oxygen atoms in total. The molecule has 0 aliphatic heterocycles. The number of unbranched alkanes of at least 4 members (excludes halogenated alkanes) is 2. The molecule has 2 N–H and O–H groups in total. The molecule has 2 amide bonds. The number of amides is 2. The molecule has 2 rings (SSSR count). The number of rotatable bonds is 18. The number of anilines is 2. The predicted octanol–water partition coefficient (Wildman–Crippen LogP) is 6.10. The quantitative estimate of drug-likeness (QED) is 0.105. The number of halogens is 3. The predicted molar refractivity (Wildman–Crippen MR) is 187 cm³/mol. The molecule has 0 radical (unpaired) electrons. The van der Waals surface area contributed by atoms with Crippen molar-refractivity contribution in [1.82, 2.24) is 0 Å². The molecular formula is C33H46Cl3N2NaO8S. The molecule has 0 heterocycles. The number of nitrogens with one attached hydrogen (secondary N) is 2. The SMILES string of the molecule is CCCCC(CC)COC(=O)CC(C(=O)OCC(CC)CCCC)S(=O)(=O)[O-].O=C(Nc1ccc(Cl)cc1)Nc1ccc(Cl)c(Cl)c1.[Na+]. The minimum atomic E-state index is -5.01. The summed E-state index contributed by atoms with van der Waals surface area (Å²) in [6.45, 7) is 8.26. The van der Waals surface area contributed by atoms with Gasteiger partial charge in [0.15, 0.2) is 5.25 Å². The molecular weight excluding hydrogens is 714 g/mol. The molecule has 0 bridgehead atoms. The third-order valence-electron chi connectivity index (χ3n) is 7.27. The maximum Gasteiger partial charge on any atom is 1.00 e. The Balaban J connectivity index is 0.000000959. The summed E-state index contributed by atoms with van der Waals surface area (Å²) in [4.78, 5) is 35.9. The van der Waals surface area contributed by atoms with Gasteiger partial charge in [-0.05, 0) is 67.1 Å². The molecule has 0 aliphatic rings. The molecule has 3 atom stereocenters. The standard InChI is InChI=1S/C20H38O7S.C13H9Cl3N2O.Na/c1-5-9-11-16(7-3)14-26-19(21)13-18(28(23,24)25)20(22)27-15-17(8-4)12-10-6-2;14-8-1-3-9(4-2-8)17-13(19)18-10-5-6-11(15)12(16)7-10;/h16-18H,5-15H2,1-4H3,(H,23,24,25);1-7H,(H2,17,18,19);/q;;+1/p-1. The van der Waals surface area contributed by atoms with Gasteiger partial charge in [0.25, 0.3) is 0 Å². The van der Waals surface area contributed by atoms with Gasteiger partial charge in [0, 0.05) is 16.4 Å². The molecule has 0 aliphatic carbocycles. The van der Waals surface area contributed by atoms with E-state index in [0.29, 0.717) is 26.4 Å². The van der Waals surface area contributed by atoms with Crippen LogP contribution in [0.4, 0.5) is 16.2 Å². The fourth-order valence-electron chi connectivity index (χ4n) is 4.21. The molecule has 2 aromatic carbocycles. The van der Waals surface area contributed by atoms with Gasteiger partial charge in [-0.15, -0.1) is 0 Å².